The van der Waals surface area contributed by atoms with Crippen LogP contribution in [0.4, 0.5) is 5.69 Å². The van der Waals surface area contributed by atoms with E-state index in [4.69, 9.17) is 11.6 Å². The molecule has 0 spiro atoms. The topological polar surface area (TPSA) is 66.5 Å². The number of aryl methyl sites for hydroxylation is 2. The van der Waals surface area contributed by atoms with E-state index in [0.29, 0.717) is 23.7 Å². The number of carbonyl (C=O) groups is 1. The molecule has 0 aliphatic carbocycles. The Bertz CT molecular complexity index is 943. The van der Waals surface area contributed by atoms with Crippen LogP contribution in [0.3, 0.4) is 0 Å². The number of amides is 1. The van der Waals surface area contributed by atoms with Gasteiger partial charge in [0.25, 0.3) is 0 Å². The quantitative estimate of drug-likeness (QED) is 0.636. The maximum atomic E-state index is 13.0. The minimum Gasteiger partial charge on any atom is -0.350 e. The van der Waals surface area contributed by atoms with E-state index >= 15 is 0 Å². The van der Waals surface area contributed by atoms with Crippen LogP contribution >= 0.6 is 11.6 Å². The lowest BCUT2D eigenvalue weighted by Crippen LogP contribution is -2.49. The zero-order chi connectivity index (χ0) is 21.6. The Morgan fingerprint density at radius 3 is 2.21 bits per heavy atom. The third-order valence-corrected chi connectivity index (χ3v) is 6.36. The van der Waals surface area contributed by atoms with E-state index in [-0.39, 0.29) is 5.91 Å². The van der Waals surface area contributed by atoms with Crippen molar-refractivity contribution in [1.29, 1.82) is 0 Å². The Labute approximate surface area is 179 Å². The van der Waals surface area contributed by atoms with Gasteiger partial charge in [-0.1, -0.05) is 50.6 Å². The van der Waals surface area contributed by atoms with Crippen LogP contribution in [0.25, 0.3) is 0 Å². The van der Waals surface area contributed by atoms with Crippen LogP contribution in [-0.4, -0.2) is 26.6 Å². The van der Waals surface area contributed by atoms with Gasteiger partial charge in [0, 0.05) is 11.6 Å². The molecule has 0 fully saturated rings. The zero-order valence-electron chi connectivity index (χ0n) is 17.4. The van der Waals surface area contributed by atoms with Gasteiger partial charge in [0.2, 0.25) is 15.9 Å². The highest BCUT2D eigenvalue weighted by molar-refractivity contribution is 7.92. The minimum absolute atomic E-state index is 0.322. The van der Waals surface area contributed by atoms with Gasteiger partial charge in [-0.05, 0) is 60.2 Å². The molecule has 0 saturated carbocycles. The normalized spacial score (nSPS) is 12.4. The fraction of sp³-hybridized carbons (Fsp3) is 0.409. The Hall–Kier alpha value is -2.05. The number of rotatable bonds is 9. The summed E-state index contributed by atoms with van der Waals surface area (Å²) >= 11 is 5.93. The van der Waals surface area contributed by atoms with Crippen molar-refractivity contribution < 1.29 is 13.2 Å². The van der Waals surface area contributed by atoms with E-state index in [1.54, 1.807) is 31.2 Å². The SMILES string of the molecule is CCc1ccc(CC)c(CNC(=O)[C@H](CC)N(c2ccc(Cl)cc2)S(C)(=O)=O)c1. The molecule has 5 nitrogen and oxygen atoms in total. The first-order chi connectivity index (χ1) is 13.7. The predicted molar refractivity (Wildman–Crippen MR) is 120 cm³/mol. The van der Waals surface area contributed by atoms with Gasteiger partial charge >= 0.3 is 0 Å². The number of carbonyl (C=O) groups excluding carboxylic acids is 1. The van der Waals surface area contributed by atoms with Crippen LogP contribution < -0.4 is 9.62 Å². The summed E-state index contributed by atoms with van der Waals surface area (Å²) < 4.78 is 26.2. The molecule has 7 heteroatoms. The second-order valence-electron chi connectivity index (χ2n) is 6.99. The van der Waals surface area contributed by atoms with Crippen LogP contribution in [0, 0.1) is 0 Å². The highest BCUT2D eigenvalue weighted by Crippen LogP contribution is 2.24. The van der Waals surface area contributed by atoms with Crippen molar-refractivity contribution in [2.24, 2.45) is 0 Å². The summed E-state index contributed by atoms with van der Waals surface area (Å²) in [5, 5.41) is 3.44. The third kappa shape index (κ3) is 5.97. The lowest BCUT2D eigenvalue weighted by molar-refractivity contribution is -0.122. The molecule has 2 aromatic rings. The average Bonchev–Trinajstić information content (AvgIpc) is 2.69. The van der Waals surface area contributed by atoms with Crippen molar-refractivity contribution in [1.82, 2.24) is 5.32 Å². The number of nitrogens with one attached hydrogen (secondary N) is 1. The molecule has 2 rings (SSSR count). The molecule has 29 heavy (non-hydrogen) atoms. The predicted octanol–water partition coefficient (Wildman–Crippen LogP) is 4.33. The molecule has 0 unspecified atom stereocenters. The van der Waals surface area contributed by atoms with E-state index in [9.17, 15) is 13.2 Å². The second-order valence-corrected chi connectivity index (χ2v) is 9.28. The van der Waals surface area contributed by atoms with Gasteiger partial charge in [-0.25, -0.2) is 8.42 Å². The van der Waals surface area contributed by atoms with Crippen molar-refractivity contribution in [3.63, 3.8) is 0 Å². The Kier molecular flexibility index (Phi) is 8.11. The first-order valence-electron chi connectivity index (χ1n) is 9.84. The van der Waals surface area contributed by atoms with E-state index in [1.165, 1.54) is 15.4 Å². The molecule has 0 radical (unpaired) electrons. The fourth-order valence-corrected chi connectivity index (χ4v) is 4.69. The van der Waals surface area contributed by atoms with E-state index in [1.807, 2.05) is 0 Å². The summed E-state index contributed by atoms with van der Waals surface area (Å²) in [6, 6.07) is 11.9. The first kappa shape index (κ1) is 23.2. The van der Waals surface area contributed by atoms with Gasteiger partial charge in [0.05, 0.1) is 11.9 Å². The van der Waals surface area contributed by atoms with E-state index in [2.05, 4.69) is 37.4 Å². The molecule has 1 N–H and O–H groups in total. The summed E-state index contributed by atoms with van der Waals surface area (Å²) in [6.07, 6.45) is 3.24. The molecule has 2 aromatic carbocycles. The standard InChI is InChI=1S/C22H29ClN2O3S/c1-5-16-8-9-17(6-2)18(14-16)15-24-22(26)21(7-3)25(29(4,27)28)20-12-10-19(23)11-13-20/h8-14,21H,5-7,15H2,1-4H3,(H,24,26)/t21-/m0/s1. The molecular formula is C22H29ClN2O3S. The molecule has 0 heterocycles. The van der Waals surface area contributed by atoms with Crippen molar-refractivity contribution >= 4 is 33.2 Å². The molecule has 158 valence electrons. The molecule has 1 amide bonds. The molecule has 0 bridgehead atoms. The van der Waals surface area contributed by atoms with Crippen molar-refractivity contribution in [2.45, 2.75) is 52.6 Å². The average molecular weight is 437 g/mol. The van der Waals surface area contributed by atoms with Gasteiger partial charge in [-0.2, -0.15) is 0 Å². The Morgan fingerprint density at radius 1 is 1.03 bits per heavy atom. The van der Waals surface area contributed by atoms with Crippen molar-refractivity contribution in [2.75, 3.05) is 10.6 Å². The number of nitrogens with zero attached hydrogens (tertiary/aromatic N) is 1. The Balaban J connectivity index is 2.27. The highest BCUT2D eigenvalue weighted by atomic mass is 35.5. The number of benzene rings is 2. The number of sulfonamides is 1. The van der Waals surface area contributed by atoms with Gasteiger partial charge in [0.1, 0.15) is 6.04 Å². The first-order valence-corrected chi connectivity index (χ1v) is 12.1. The van der Waals surface area contributed by atoms with Crippen molar-refractivity contribution in [3.8, 4) is 0 Å². The number of hydrogen-bond donors (Lipinski definition) is 1. The molecular weight excluding hydrogens is 408 g/mol. The zero-order valence-corrected chi connectivity index (χ0v) is 19.0. The molecule has 1 atom stereocenters. The monoisotopic (exact) mass is 436 g/mol. The van der Waals surface area contributed by atoms with E-state index < -0.39 is 16.1 Å². The molecule has 0 saturated heterocycles. The smallest absolute Gasteiger partial charge is 0.244 e. The largest absolute Gasteiger partial charge is 0.350 e. The summed E-state index contributed by atoms with van der Waals surface area (Å²) in [5.41, 5.74) is 3.86. The second kappa shape index (κ2) is 10.1. The third-order valence-electron chi connectivity index (χ3n) is 4.92. The van der Waals surface area contributed by atoms with Gasteiger partial charge in [-0.15, -0.1) is 0 Å². The molecule has 0 aliphatic rings. The summed E-state index contributed by atoms with van der Waals surface area (Å²) in [5.74, 6) is -0.322. The molecule has 0 aromatic heterocycles. The van der Waals surface area contributed by atoms with Gasteiger partial charge in [-0.3, -0.25) is 9.10 Å². The van der Waals surface area contributed by atoms with Crippen LogP contribution in [0.2, 0.25) is 5.02 Å². The van der Waals surface area contributed by atoms with Gasteiger partial charge < -0.3 is 5.32 Å². The maximum Gasteiger partial charge on any atom is 0.244 e. The highest BCUT2D eigenvalue weighted by Gasteiger charge is 2.31. The minimum atomic E-state index is -3.66. The lowest BCUT2D eigenvalue weighted by atomic mass is 10.0. The number of hydrogen-bond acceptors (Lipinski definition) is 3. The van der Waals surface area contributed by atoms with Crippen LogP contribution in [0.15, 0.2) is 42.5 Å². The fourth-order valence-electron chi connectivity index (χ4n) is 3.36. The lowest BCUT2D eigenvalue weighted by Gasteiger charge is -2.30. The summed E-state index contributed by atoms with van der Waals surface area (Å²) in [7, 11) is -3.66. The maximum absolute atomic E-state index is 13.0. The van der Waals surface area contributed by atoms with Crippen LogP contribution in [0.1, 0.15) is 43.9 Å². The van der Waals surface area contributed by atoms with E-state index in [0.717, 1.165) is 24.7 Å². The summed E-state index contributed by atoms with van der Waals surface area (Å²) in [6.45, 7) is 6.33. The Morgan fingerprint density at radius 2 is 1.69 bits per heavy atom. The van der Waals surface area contributed by atoms with Crippen LogP contribution in [0.5, 0.6) is 0 Å². The number of anilines is 1. The summed E-state index contributed by atoms with van der Waals surface area (Å²) in [4.78, 5) is 13.0. The van der Waals surface area contributed by atoms with Crippen LogP contribution in [-0.2, 0) is 34.2 Å². The number of halogens is 1. The van der Waals surface area contributed by atoms with Crippen molar-refractivity contribution in [3.05, 3.63) is 64.2 Å². The molecule has 0 aliphatic heterocycles. The van der Waals surface area contributed by atoms with Gasteiger partial charge in [0.15, 0.2) is 0 Å².